The summed E-state index contributed by atoms with van der Waals surface area (Å²) in [7, 11) is 0. The van der Waals surface area contributed by atoms with E-state index in [2.05, 4.69) is 19.9 Å². The highest BCUT2D eigenvalue weighted by molar-refractivity contribution is 5.93. The van der Waals surface area contributed by atoms with Gasteiger partial charge in [0.15, 0.2) is 0 Å². The first-order valence-electron chi connectivity index (χ1n) is 5.05. The van der Waals surface area contributed by atoms with Crippen LogP contribution in [0.3, 0.4) is 0 Å². The first-order chi connectivity index (χ1) is 8.24. The normalized spacial score (nSPS) is 10.8. The SMILES string of the molecule is Nc1cnc(-c2cc(N)nc3[nH]ccc23)cn1. The quantitative estimate of drug-likeness (QED) is 0.577. The van der Waals surface area contributed by atoms with E-state index in [-0.39, 0.29) is 0 Å². The van der Waals surface area contributed by atoms with Crippen molar-refractivity contribution in [1.82, 2.24) is 19.9 Å². The fourth-order valence-electron chi connectivity index (χ4n) is 1.75. The predicted octanol–water partition coefficient (Wildman–Crippen LogP) is 1.18. The zero-order valence-electron chi connectivity index (χ0n) is 8.88. The number of hydrogen-bond acceptors (Lipinski definition) is 5. The molecule has 0 saturated heterocycles. The summed E-state index contributed by atoms with van der Waals surface area (Å²) in [6.45, 7) is 0. The highest BCUT2D eigenvalue weighted by atomic mass is 14.9. The van der Waals surface area contributed by atoms with Crippen LogP contribution >= 0.6 is 0 Å². The van der Waals surface area contributed by atoms with E-state index in [1.165, 1.54) is 6.20 Å². The number of aromatic amines is 1. The van der Waals surface area contributed by atoms with Crippen molar-refractivity contribution in [3.8, 4) is 11.3 Å². The molecule has 84 valence electrons. The van der Waals surface area contributed by atoms with Crippen LogP contribution in [0.1, 0.15) is 0 Å². The van der Waals surface area contributed by atoms with Gasteiger partial charge in [-0.3, -0.25) is 4.98 Å². The van der Waals surface area contributed by atoms with Crippen LogP contribution < -0.4 is 11.5 Å². The van der Waals surface area contributed by atoms with Gasteiger partial charge in [-0.1, -0.05) is 0 Å². The average molecular weight is 226 g/mol. The maximum absolute atomic E-state index is 5.75. The monoisotopic (exact) mass is 226 g/mol. The van der Waals surface area contributed by atoms with Gasteiger partial charge in [-0.25, -0.2) is 9.97 Å². The topological polar surface area (TPSA) is 106 Å². The van der Waals surface area contributed by atoms with Gasteiger partial charge in [0.1, 0.15) is 17.3 Å². The lowest BCUT2D eigenvalue weighted by atomic mass is 10.1. The van der Waals surface area contributed by atoms with Gasteiger partial charge < -0.3 is 16.5 Å². The van der Waals surface area contributed by atoms with Gasteiger partial charge in [0.2, 0.25) is 0 Å². The van der Waals surface area contributed by atoms with Crippen molar-refractivity contribution in [3.63, 3.8) is 0 Å². The molecule has 6 heteroatoms. The van der Waals surface area contributed by atoms with Gasteiger partial charge in [-0.05, 0) is 12.1 Å². The number of fused-ring (bicyclic) bond motifs is 1. The second-order valence-corrected chi connectivity index (χ2v) is 3.66. The Balaban J connectivity index is 2.28. The standard InChI is InChI=1S/C11H10N6/c12-9-3-7(6-1-2-14-11(6)17-9)8-4-16-10(13)5-15-8/h1-5H,(H2,13,16)(H3,12,14,17). The molecule has 0 radical (unpaired) electrons. The molecule has 0 aliphatic heterocycles. The van der Waals surface area contributed by atoms with E-state index in [9.17, 15) is 0 Å². The van der Waals surface area contributed by atoms with E-state index in [0.29, 0.717) is 11.6 Å². The van der Waals surface area contributed by atoms with Crippen molar-refractivity contribution >= 4 is 22.7 Å². The van der Waals surface area contributed by atoms with Crippen LogP contribution in [-0.2, 0) is 0 Å². The number of nitrogens with one attached hydrogen (secondary N) is 1. The molecule has 0 amide bonds. The minimum absolute atomic E-state index is 0.390. The summed E-state index contributed by atoms with van der Waals surface area (Å²) in [6.07, 6.45) is 4.95. The number of pyridine rings is 1. The third-order valence-corrected chi connectivity index (χ3v) is 2.50. The largest absolute Gasteiger partial charge is 0.384 e. The van der Waals surface area contributed by atoms with Crippen molar-refractivity contribution in [3.05, 3.63) is 30.7 Å². The van der Waals surface area contributed by atoms with Crippen LogP contribution in [0, 0.1) is 0 Å². The highest BCUT2D eigenvalue weighted by Crippen LogP contribution is 2.27. The molecule has 0 fully saturated rings. The summed E-state index contributed by atoms with van der Waals surface area (Å²) >= 11 is 0. The average Bonchev–Trinajstić information content (AvgIpc) is 2.77. The molecular weight excluding hydrogens is 216 g/mol. The van der Waals surface area contributed by atoms with E-state index in [0.717, 1.165) is 22.3 Å². The molecule has 3 heterocycles. The molecule has 3 rings (SSSR count). The molecule has 0 unspecified atom stereocenters. The second kappa shape index (κ2) is 3.44. The van der Waals surface area contributed by atoms with Crippen LogP contribution in [0.15, 0.2) is 30.7 Å². The van der Waals surface area contributed by atoms with Gasteiger partial charge in [0.25, 0.3) is 0 Å². The van der Waals surface area contributed by atoms with Gasteiger partial charge in [0, 0.05) is 17.1 Å². The molecular formula is C11H10N6. The number of anilines is 2. The molecule has 5 N–H and O–H groups in total. The maximum atomic E-state index is 5.75. The molecule has 0 aliphatic carbocycles. The van der Waals surface area contributed by atoms with Crippen molar-refractivity contribution in [2.24, 2.45) is 0 Å². The maximum Gasteiger partial charge on any atom is 0.141 e. The summed E-state index contributed by atoms with van der Waals surface area (Å²) in [5, 5.41) is 0.957. The van der Waals surface area contributed by atoms with Crippen molar-refractivity contribution in [2.45, 2.75) is 0 Å². The van der Waals surface area contributed by atoms with Crippen LogP contribution in [0.2, 0.25) is 0 Å². The molecule has 0 saturated carbocycles. The smallest absolute Gasteiger partial charge is 0.141 e. The van der Waals surface area contributed by atoms with E-state index < -0.39 is 0 Å². The summed E-state index contributed by atoms with van der Waals surface area (Å²) in [6, 6.07) is 3.70. The Bertz CT molecular complexity index is 670. The van der Waals surface area contributed by atoms with Crippen LogP contribution in [0.4, 0.5) is 11.6 Å². The third kappa shape index (κ3) is 1.55. The molecule has 3 aromatic rings. The van der Waals surface area contributed by atoms with E-state index in [4.69, 9.17) is 11.5 Å². The van der Waals surface area contributed by atoms with E-state index in [1.54, 1.807) is 12.3 Å². The number of nitrogens with two attached hydrogens (primary N) is 2. The lowest BCUT2D eigenvalue weighted by Gasteiger charge is -2.03. The van der Waals surface area contributed by atoms with E-state index in [1.807, 2.05) is 12.3 Å². The molecule has 3 aromatic heterocycles. The van der Waals surface area contributed by atoms with E-state index >= 15 is 0 Å². The molecule has 0 atom stereocenters. The summed E-state index contributed by atoms with van der Waals surface area (Å²) in [5.41, 5.74) is 13.6. The van der Waals surface area contributed by atoms with Gasteiger partial charge >= 0.3 is 0 Å². The molecule has 0 bridgehead atoms. The number of hydrogen-bond donors (Lipinski definition) is 3. The molecule has 17 heavy (non-hydrogen) atoms. The number of H-pyrrole nitrogens is 1. The van der Waals surface area contributed by atoms with Crippen LogP contribution in [0.25, 0.3) is 22.3 Å². The first kappa shape index (κ1) is 9.59. The molecule has 6 nitrogen and oxygen atoms in total. The Morgan fingerprint density at radius 3 is 2.71 bits per heavy atom. The minimum atomic E-state index is 0.390. The number of rotatable bonds is 1. The molecule has 0 aliphatic rings. The zero-order chi connectivity index (χ0) is 11.8. The van der Waals surface area contributed by atoms with Crippen LogP contribution in [0.5, 0.6) is 0 Å². The third-order valence-electron chi connectivity index (χ3n) is 2.50. The Morgan fingerprint density at radius 1 is 1.06 bits per heavy atom. The summed E-state index contributed by atoms with van der Waals surface area (Å²) in [5.74, 6) is 0.828. The fourth-order valence-corrected chi connectivity index (χ4v) is 1.75. The lowest BCUT2D eigenvalue weighted by Crippen LogP contribution is -1.95. The van der Waals surface area contributed by atoms with Crippen molar-refractivity contribution in [2.75, 3.05) is 11.5 Å². The van der Waals surface area contributed by atoms with Crippen molar-refractivity contribution in [1.29, 1.82) is 0 Å². The highest BCUT2D eigenvalue weighted by Gasteiger charge is 2.08. The molecule has 0 spiro atoms. The van der Waals surface area contributed by atoms with Gasteiger partial charge in [0.05, 0.1) is 18.1 Å². The van der Waals surface area contributed by atoms with Gasteiger partial charge in [-0.2, -0.15) is 0 Å². The van der Waals surface area contributed by atoms with Crippen molar-refractivity contribution < 1.29 is 0 Å². The summed E-state index contributed by atoms with van der Waals surface area (Å²) in [4.78, 5) is 15.5. The molecule has 0 aromatic carbocycles. The zero-order valence-corrected chi connectivity index (χ0v) is 8.88. The lowest BCUT2D eigenvalue weighted by molar-refractivity contribution is 1.22. The predicted molar refractivity (Wildman–Crippen MR) is 65.9 cm³/mol. The minimum Gasteiger partial charge on any atom is -0.384 e. The Hall–Kier alpha value is -2.63. The van der Waals surface area contributed by atoms with Crippen LogP contribution in [-0.4, -0.2) is 19.9 Å². The number of aromatic nitrogens is 4. The fraction of sp³-hybridized carbons (Fsp3) is 0. The Kier molecular flexibility index (Phi) is 1.94. The Morgan fingerprint density at radius 2 is 1.94 bits per heavy atom. The second-order valence-electron chi connectivity index (χ2n) is 3.66. The number of nitrogen functional groups attached to an aromatic ring is 2. The number of nitrogens with zero attached hydrogens (tertiary/aromatic N) is 3. The first-order valence-corrected chi connectivity index (χ1v) is 5.05. The Labute approximate surface area is 96.7 Å². The van der Waals surface area contributed by atoms with Gasteiger partial charge in [-0.15, -0.1) is 0 Å². The summed E-state index contributed by atoms with van der Waals surface area (Å²) < 4.78 is 0.